The second-order valence-corrected chi connectivity index (χ2v) is 13.4. The van der Waals surface area contributed by atoms with E-state index in [-0.39, 0.29) is 21.5 Å². The smallest absolute Gasteiger partial charge is 0.153 e. The van der Waals surface area contributed by atoms with Crippen LogP contribution in [0.5, 0.6) is 11.5 Å². The summed E-state index contributed by atoms with van der Waals surface area (Å²) in [6.45, 7) is 13.9. The molecule has 4 aromatic rings. The monoisotopic (exact) mass is 662 g/mol. The standard InChI is InChI=1S/C16H18ClNO2.C10H6ClNO2.C6H13Br/c1-16(2,3)6-7-20-13-5-4-11-8-12(10-19)15(17)18-14(11)9-13;11-10-7(5-13)3-6-1-2-8(14)4-9(6)12-10;1-6(2,3)4-5-7/h4-5,8-10H,6-7H2,1-3H3;1-5,14H;4-5H2,1-3H3. The van der Waals surface area contributed by atoms with Crippen LogP contribution in [-0.2, 0) is 0 Å². The molecule has 2 aromatic heterocycles. The van der Waals surface area contributed by atoms with Gasteiger partial charge in [-0.25, -0.2) is 9.97 Å². The van der Waals surface area contributed by atoms with Gasteiger partial charge in [0, 0.05) is 28.2 Å². The summed E-state index contributed by atoms with van der Waals surface area (Å²) in [5.74, 6) is 0.893. The normalized spacial score (nSPS) is 11.2. The van der Waals surface area contributed by atoms with Gasteiger partial charge in [0.2, 0.25) is 0 Å². The van der Waals surface area contributed by atoms with Crippen LogP contribution in [0, 0.1) is 10.8 Å². The van der Waals surface area contributed by atoms with Gasteiger partial charge in [-0.3, -0.25) is 9.59 Å². The lowest BCUT2D eigenvalue weighted by Gasteiger charge is -2.18. The molecule has 0 aliphatic carbocycles. The number of phenolic OH excluding ortho intramolecular Hbond substituents is 1. The van der Waals surface area contributed by atoms with Crippen molar-refractivity contribution in [2.45, 2.75) is 54.4 Å². The molecule has 0 fully saturated rings. The molecule has 0 aliphatic rings. The zero-order valence-corrected chi connectivity index (χ0v) is 27.4. The Labute approximate surface area is 260 Å². The minimum absolute atomic E-state index is 0.125. The van der Waals surface area contributed by atoms with E-state index in [1.807, 2.05) is 18.2 Å². The maximum Gasteiger partial charge on any atom is 0.153 e. The molecule has 9 heteroatoms. The molecule has 0 amide bonds. The summed E-state index contributed by atoms with van der Waals surface area (Å²) in [6, 6.07) is 13.7. The van der Waals surface area contributed by atoms with E-state index in [1.54, 1.807) is 18.2 Å². The van der Waals surface area contributed by atoms with Crippen LogP contribution in [0.25, 0.3) is 21.8 Å². The van der Waals surface area contributed by atoms with Crippen LogP contribution in [0.3, 0.4) is 0 Å². The Balaban J connectivity index is 0.000000242. The van der Waals surface area contributed by atoms with Gasteiger partial charge in [-0.1, -0.05) is 80.7 Å². The molecular weight excluding hydrogens is 627 g/mol. The molecule has 2 aromatic carbocycles. The third kappa shape index (κ3) is 12.0. The number of aromatic nitrogens is 2. The number of alkyl halides is 1. The summed E-state index contributed by atoms with van der Waals surface area (Å²) in [6.07, 6.45) is 3.60. The van der Waals surface area contributed by atoms with Crippen LogP contribution >= 0.6 is 39.1 Å². The second-order valence-electron chi connectivity index (χ2n) is 11.9. The maximum absolute atomic E-state index is 10.8. The van der Waals surface area contributed by atoms with E-state index in [0.29, 0.717) is 41.2 Å². The number of aldehydes is 2. The second kappa shape index (κ2) is 15.5. The van der Waals surface area contributed by atoms with Crippen molar-refractivity contribution >= 4 is 73.5 Å². The maximum atomic E-state index is 10.8. The quantitative estimate of drug-likeness (QED) is 0.125. The molecule has 4 rings (SSSR count). The number of ether oxygens (including phenoxy) is 1. The van der Waals surface area contributed by atoms with Crippen LogP contribution in [0.15, 0.2) is 48.5 Å². The molecule has 6 nitrogen and oxygen atoms in total. The Bertz CT molecular complexity index is 1480. The van der Waals surface area contributed by atoms with Gasteiger partial charge in [-0.2, -0.15) is 0 Å². The van der Waals surface area contributed by atoms with Crippen molar-refractivity contribution in [3.8, 4) is 11.5 Å². The Kier molecular flexibility index (Phi) is 13.0. The van der Waals surface area contributed by atoms with E-state index in [1.165, 1.54) is 18.6 Å². The minimum atomic E-state index is 0.125. The number of aromatic hydroxyl groups is 1. The minimum Gasteiger partial charge on any atom is -0.508 e. The first-order valence-electron chi connectivity index (χ1n) is 13.1. The van der Waals surface area contributed by atoms with Crippen molar-refractivity contribution in [1.29, 1.82) is 0 Å². The van der Waals surface area contributed by atoms with Gasteiger partial charge in [0.1, 0.15) is 21.8 Å². The first kappa shape index (κ1) is 34.5. The van der Waals surface area contributed by atoms with Gasteiger partial charge in [0.05, 0.1) is 28.8 Å². The number of hydrogen-bond acceptors (Lipinski definition) is 6. The summed E-state index contributed by atoms with van der Waals surface area (Å²) in [4.78, 5) is 29.6. The number of carbonyl (C=O) groups is 2. The Morgan fingerprint density at radius 1 is 0.780 bits per heavy atom. The first-order valence-corrected chi connectivity index (χ1v) is 15.0. The number of rotatable bonds is 6. The lowest BCUT2D eigenvalue weighted by Crippen LogP contribution is -2.11. The lowest BCUT2D eigenvalue weighted by molar-refractivity contribution is 0.111. The number of pyridine rings is 2. The first-order chi connectivity index (χ1) is 19.2. The highest BCUT2D eigenvalue weighted by molar-refractivity contribution is 9.09. The predicted octanol–water partition coefficient (Wildman–Crippen LogP) is 9.74. The Morgan fingerprint density at radius 3 is 1.71 bits per heavy atom. The number of nitrogens with zero attached hydrogens (tertiary/aromatic N) is 2. The fourth-order valence-electron chi connectivity index (χ4n) is 3.30. The molecule has 0 atom stereocenters. The molecule has 0 saturated carbocycles. The molecule has 0 saturated heterocycles. The van der Waals surface area contributed by atoms with Gasteiger partial charge >= 0.3 is 0 Å². The Hall–Kier alpha value is -2.74. The molecule has 220 valence electrons. The van der Waals surface area contributed by atoms with Crippen molar-refractivity contribution in [2.75, 3.05) is 11.9 Å². The van der Waals surface area contributed by atoms with E-state index in [2.05, 4.69) is 67.4 Å². The van der Waals surface area contributed by atoms with Crippen molar-refractivity contribution in [3.63, 3.8) is 0 Å². The molecule has 2 heterocycles. The molecular formula is C32H37BrCl2N2O4. The van der Waals surface area contributed by atoms with E-state index in [0.717, 1.165) is 33.8 Å². The fourth-order valence-corrected chi connectivity index (χ4v) is 4.87. The topological polar surface area (TPSA) is 89.4 Å². The van der Waals surface area contributed by atoms with Crippen LogP contribution in [0.1, 0.15) is 75.1 Å². The number of benzene rings is 2. The summed E-state index contributed by atoms with van der Waals surface area (Å²) in [5, 5.41) is 12.3. The van der Waals surface area contributed by atoms with E-state index in [9.17, 15) is 14.7 Å². The molecule has 0 bridgehead atoms. The van der Waals surface area contributed by atoms with E-state index >= 15 is 0 Å². The molecule has 41 heavy (non-hydrogen) atoms. The molecule has 0 aliphatic heterocycles. The van der Waals surface area contributed by atoms with Gasteiger partial charge in [-0.05, 0) is 60.1 Å². The lowest BCUT2D eigenvalue weighted by atomic mass is 9.93. The zero-order valence-electron chi connectivity index (χ0n) is 24.3. The van der Waals surface area contributed by atoms with Crippen LogP contribution in [-0.4, -0.2) is 39.6 Å². The van der Waals surface area contributed by atoms with Crippen LogP contribution < -0.4 is 4.74 Å². The van der Waals surface area contributed by atoms with Crippen molar-refractivity contribution in [2.24, 2.45) is 10.8 Å². The number of phenols is 1. The summed E-state index contributed by atoms with van der Waals surface area (Å²) in [5.41, 5.74) is 2.81. The van der Waals surface area contributed by atoms with E-state index in [4.69, 9.17) is 27.9 Å². The molecule has 1 N–H and O–H groups in total. The summed E-state index contributed by atoms with van der Waals surface area (Å²) < 4.78 is 5.73. The van der Waals surface area contributed by atoms with Gasteiger partial charge in [-0.15, -0.1) is 0 Å². The Morgan fingerprint density at radius 2 is 1.27 bits per heavy atom. The molecule has 0 spiro atoms. The largest absolute Gasteiger partial charge is 0.508 e. The summed E-state index contributed by atoms with van der Waals surface area (Å²) in [7, 11) is 0. The number of fused-ring (bicyclic) bond motifs is 2. The number of hydrogen-bond donors (Lipinski definition) is 1. The zero-order chi connectivity index (χ0) is 30.8. The molecule has 0 unspecified atom stereocenters. The average molecular weight is 664 g/mol. The van der Waals surface area contributed by atoms with Crippen molar-refractivity contribution in [1.82, 2.24) is 9.97 Å². The summed E-state index contributed by atoms with van der Waals surface area (Å²) >= 11 is 15.1. The SMILES string of the molecule is CC(C)(C)CCBr.CC(C)(C)CCOc1ccc2cc(C=O)c(Cl)nc2c1.O=Cc1cc2ccc(O)cc2nc1Cl. The van der Waals surface area contributed by atoms with Crippen molar-refractivity contribution < 1.29 is 19.4 Å². The number of carbonyl (C=O) groups excluding carboxylic acids is 2. The highest BCUT2D eigenvalue weighted by Crippen LogP contribution is 2.25. The highest BCUT2D eigenvalue weighted by atomic mass is 79.9. The third-order valence-corrected chi connectivity index (χ3v) is 6.77. The predicted molar refractivity (Wildman–Crippen MR) is 173 cm³/mol. The van der Waals surface area contributed by atoms with Gasteiger partial charge in [0.15, 0.2) is 12.6 Å². The fraction of sp³-hybridized carbons (Fsp3) is 0.375. The average Bonchev–Trinajstić information content (AvgIpc) is 2.87. The van der Waals surface area contributed by atoms with Gasteiger partial charge in [0.25, 0.3) is 0 Å². The third-order valence-electron chi connectivity index (χ3n) is 5.77. The van der Waals surface area contributed by atoms with Crippen LogP contribution in [0.2, 0.25) is 10.3 Å². The van der Waals surface area contributed by atoms with E-state index < -0.39 is 0 Å². The number of halogens is 3. The van der Waals surface area contributed by atoms with Gasteiger partial charge < -0.3 is 9.84 Å². The highest BCUT2D eigenvalue weighted by Gasteiger charge is 2.11. The van der Waals surface area contributed by atoms with Crippen LogP contribution in [0.4, 0.5) is 0 Å². The van der Waals surface area contributed by atoms with Crippen molar-refractivity contribution in [3.05, 3.63) is 70.0 Å². The molecule has 0 radical (unpaired) electrons.